The third-order valence-corrected chi connectivity index (χ3v) is 4.06. The van der Waals surface area contributed by atoms with Crippen molar-refractivity contribution in [1.82, 2.24) is 10.0 Å². The van der Waals surface area contributed by atoms with Crippen LogP contribution >= 0.6 is 0 Å². The van der Waals surface area contributed by atoms with Gasteiger partial charge in [-0.2, -0.15) is 4.72 Å². The zero-order valence-corrected chi connectivity index (χ0v) is 12.3. The fourth-order valence-corrected chi connectivity index (χ4v) is 2.86. The average Bonchev–Trinajstić information content (AvgIpc) is 2.30. The van der Waals surface area contributed by atoms with Gasteiger partial charge in [-0.15, -0.1) is 0 Å². The Kier molecular flexibility index (Phi) is 5.07. The average molecular weight is 303 g/mol. The van der Waals surface area contributed by atoms with Crippen molar-refractivity contribution < 1.29 is 17.6 Å². The molecular formula is C12H18FN3O3S. The lowest BCUT2D eigenvalue weighted by Crippen LogP contribution is -2.46. The molecule has 0 aromatic heterocycles. The molecule has 0 aliphatic carbocycles. The summed E-state index contributed by atoms with van der Waals surface area (Å²) < 4.78 is 39.6. The van der Waals surface area contributed by atoms with E-state index in [1.807, 2.05) is 0 Å². The Hall–Kier alpha value is -1.67. The van der Waals surface area contributed by atoms with Crippen LogP contribution in [0.1, 0.15) is 20.8 Å². The molecule has 112 valence electrons. The molecule has 1 rings (SSSR count). The van der Waals surface area contributed by atoms with Crippen LogP contribution in [0.25, 0.3) is 0 Å². The fourth-order valence-electron chi connectivity index (χ4n) is 1.51. The third-order valence-electron chi connectivity index (χ3n) is 2.46. The van der Waals surface area contributed by atoms with Crippen molar-refractivity contribution in [3.63, 3.8) is 0 Å². The van der Waals surface area contributed by atoms with Crippen molar-refractivity contribution in [2.24, 2.45) is 0 Å². The summed E-state index contributed by atoms with van der Waals surface area (Å²) in [5, 5.41) is 2.57. The summed E-state index contributed by atoms with van der Waals surface area (Å²) in [6, 6.07) is 2.36. The second kappa shape index (κ2) is 6.19. The predicted molar refractivity (Wildman–Crippen MR) is 73.9 cm³/mol. The molecule has 0 heterocycles. The number of para-hydroxylation sites is 1. The monoisotopic (exact) mass is 303 g/mol. The van der Waals surface area contributed by atoms with Gasteiger partial charge in [-0.3, -0.25) is 4.79 Å². The number of amides is 1. The summed E-state index contributed by atoms with van der Waals surface area (Å²) in [6.45, 7) is 4.90. The van der Waals surface area contributed by atoms with Gasteiger partial charge in [0.25, 0.3) is 0 Å². The molecule has 8 heteroatoms. The van der Waals surface area contributed by atoms with Gasteiger partial charge in [0.15, 0.2) is 0 Å². The van der Waals surface area contributed by atoms with E-state index < -0.39 is 33.5 Å². The van der Waals surface area contributed by atoms with E-state index in [-0.39, 0.29) is 10.9 Å². The molecule has 1 aromatic carbocycles. The van der Waals surface area contributed by atoms with Gasteiger partial charge >= 0.3 is 0 Å². The van der Waals surface area contributed by atoms with Crippen molar-refractivity contribution in [1.29, 1.82) is 0 Å². The number of sulfonamides is 1. The Balaban J connectivity index is 2.96. The van der Waals surface area contributed by atoms with E-state index >= 15 is 0 Å². The molecule has 20 heavy (non-hydrogen) atoms. The minimum absolute atomic E-state index is 0.117. The molecule has 4 N–H and O–H groups in total. The Labute approximate surface area is 117 Å². The van der Waals surface area contributed by atoms with E-state index in [9.17, 15) is 17.6 Å². The molecule has 0 aliphatic rings. The topological polar surface area (TPSA) is 101 Å². The van der Waals surface area contributed by atoms with Gasteiger partial charge in [0, 0.05) is 6.04 Å². The lowest BCUT2D eigenvalue weighted by atomic mass is 10.3. The summed E-state index contributed by atoms with van der Waals surface area (Å²) in [6.07, 6.45) is 0. The number of anilines is 1. The maximum absolute atomic E-state index is 13.3. The minimum Gasteiger partial charge on any atom is -0.395 e. The highest BCUT2D eigenvalue weighted by atomic mass is 32.2. The molecule has 1 unspecified atom stereocenters. The van der Waals surface area contributed by atoms with Crippen LogP contribution in [0, 0.1) is 5.82 Å². The molecule has 0 saturated heterocycles. The Morgan fingerprint density at radius 1 is 1.30 bits per heavy atom. The zero-order chi connectivity index (χ0) is 15.5. The number of carbonyl (C=O) groups excluding carboxylic acids is 1. The van der Waals surface area contributed by atoms with Crippen molar-refractivity contribution >= 4 is 21.6 Å². The largest absolute Gasteiger partial charge is 0.395 e. The Morgan fingerprint density at radius 3 is 2.45 bits per heavy atom. The van der Waals surface area contributed by atoms with Crippen molar-refractivity contribution in [3.05, 3.63) is 24.0 Å². The Bertz CT molecular complexity index is 602. The van der Waals surface area contributed by atoms with Crippen LogP contribution in [0.3, 0.4) is 0 Å². The molecule has 0 saturated carbocycles. The lowest BCUT2D eigenvalue weighted by molar-refractivity contribution is -0.122. The first-order chi connectivity index (χ1) is 9.15. The standard InChI is InChI=1S/C12H18FN3O3S/c1-7(2)15-12(17)8(3)16-20(18,19)10-6-4-5-9(13)11(10)14/h4-8,16H,14H2,1-3H3,(H,15,17). The van der Waals surface area contributed by atoms with Gasteiger partial charge in [-0.05, 0) is 32.9 Å². The highest BCUT2D eigenvalue weighted by molar-refractivity contribution is 7.89. The number of hydrogen-bond donors (Lipinski definition) is 3. The van der Waals surface area contributed by atoms with Crippen LogP contribution in [-0.2, 0) is 14.8 Å². The third kappa shape index (κ3) is 3.91. The summed E-state index contributed by atoms with van der Waals surface area (Å²) in [7, 11) is -4.07. The van der Waals surface area contributed by atoms with E-state index in [0.717, 1.165) is 6.07 Å². The van der Waals surface area contributed by atoms with Crippen molar-refractivity contribution in [2.75, 3.05) is 5.73 Å². The Morgan fingerprint density at radius 2 is 1.90 bits per heavy atom. The number of benzene rings is 1. The maximum atomic E-state index is 13.3. The normalized spacial score (nSPS) is 13.2. The van der Waals surface area contributed by atoms with Gasteiger partial charge in [0.1, 0.15) is 10.7 Å². The summed E-state index contributed by atoms with van der Waals surface area (Å²) in [4.78, 5) is 11.3. The van der Waals surface area contributed by atoms with Gasteiger partial charge in [-0.1, -0.05) is 6.07 Å². The molecule has 0 fully saturated rings. The number of rotatable bonds is 5. The van der Waals surface area contributed by atoms with Crippen LogP contribution < -0.4 is 15.8 Å². The van der Waals surface area contributed by atoms with E-state index in [1.54, 1.807) is 13.8 Å². The van der Waals surface area contributed by atoms with Gasteiger partial charge in [-0.25, -0.2) is 12.8 Å². The van der Waals surface area contributed by atoms with E-state index in [4.69, 9.17) is 5.73 Å². The van der Waals surface area contributed by atoms with Crippen LogP contribution in [0.2, 0.25) is 0 Å². The molecule has 0 aliphatic heterocycles. The minimum atomic E-state index is -4.07. The van der Waals surface area contributed by atoms with Gasteiger partial charge in [0.2, 0.25) is 15.9 Å². The number of nitrogens with one attached hydrogen (secondary N) is 2. The fraction of sp³-hybridized carbons (Fsp3) is 0.417. The molecule has 6 nitrogen and oxygen atoms in total. The number of nitrogen functional groups attached to an aromatic ring is 1. The van der Waals surface area contributed by atoms with Crippen molar-refractivity contribution in [3.8, 4) is 0 Å². The number of hydrogen-bond acceptors (Lipinski definition) is 4. The molecule has 1 amide bonds. The highest BCUT2D eigenvalue weighted by Crippen LogP contribution is 2.20. The first-order valence-electron chi connectivity index (χ1n) is 6.02. The van der Waals surface area contributed by atoms with E-state index in [1.165, 1.54) is 19.1 Å². The van der Waals surface area contributed by atoms with E-state index in [2.05, 4.69) is 10.0 Å². The summed E-state index contributed by atoms with van der Waals surface area (Å²) in [5.74, 6) is -1.30. The molecule has 0 bridgehead atoms. The summed E-state index contributed by atoms with van der Waals surface area (Å²) >= 11 is 0. The molecule has 0 spiro atoms. The highest BCUT2D eigenvalue weighted by Gasteiger charge is 2.25. The van der Waals surface area contributed by atoms with Crippen LogP contribution in [-0.4, -0.2) is 26.4 Å². The maximum Gasteiger partial charge on any atom is 0.243 e. The molecule has 0 radical (unpaired) electrons. The quantitative estimate of drug-likeness (QED) is 0.693. The van der Waals surface area contributed by atoms with E-state index in [0.29, 0.717) is 0 Å². The molecular weight excluding hydrogens is 285 g/mol. The van der Waals surface area contributed by atoms with Crippen LogP contribution in [0.5, 0.6) is 0 Å². The van der Waals surface area contributed by atoms with Crippen LogP contribution in [0.15, 0.2) is 23.1 Å². The second-order valence-electron chi connectivity index (χ2n) is 4.66. The second-order valence-corrected chi connectivity index (χ2v) is 6.34. The molecule has 1 atom stereocenters. The number of halogens is 1. The number of nitrogens with two attached hydrogens (primary N) is 1. The summed E-state index contributed by atoms with van der Waals surface area (Å²) in [5.41, 5.74) is 4.93. The van der Waals surface area contributed by atoms with Gasteiger partial charge in [0.05, 0.1) is 11.7 Å². The smallest absolute Gasteiger partial charge is 0.243 e. The van der Waals surface area contributed by atoms with Crippen LogP contribution in [0.4, 0.5) is 10.1 Å². The lowest BCUT2D eigenvalue weighted by Gasteiger charge is -2.17. The van der Waals surface area contributed by atoms with Gasteiger partial charge < -0.3 is 11.1 Å². The zero-order valence-electron chi connectivity index (χ0n) is 11.5. The first kappa shape index (κ1) is 16.4. The molecule has 1 aromatic rings. The number of carbonyl (C=O) groups is 1. The SMILES string of the molecule is CC(C)NC(=O)C(C)NS(=O)(=O)c1cccc(F)c1N. The predicted octanol–water partition coefficient (Wildman–Crippen LogP) is 0.599. The van der Waals surface area contributed by atoms with Crippen molar-refractivity contribution in [2.45, 2.75) is 37.8 Å². The first-order valence-corrected chi connectivity index (χ1v) is 7.50.